The summed E-state index contributed by atoms with van der Waals surface area (Å²) in [4.78, 5) is 2.42. The molecule has 4 aliphatic rings. The molecule has 0 aromatic heterocycles. The van der Waals surface area contributed by atoms with Gasteiger partial charge in [-0.15, -0.1) is 0 Å². The van der Waals surface area contributed by atoms with Crippen LogP contribution in [0.25, 0.3) is 0 Å². The lowest BCUT2D eigenvalue weighted by Crippen LogP contribution is -2.42. The second kappa shape index (κ2) is 6.47. The minimum atomic E-state index is -0.419. The lowest BCUT2D eigenvalue weighted by atomic mass is 9.92. The highest BCUT2D eigenvalue weighted by atomic mass is 16.5. The standard InChI is InChI=1S/C20H32N2O2/c1-14-7-6-9-15(14)8-4-3-5-10-17-19(23)21-20-13-16(24-2)11-12-18(20)22(17)20/h11-15,17-19,21,23H,3-10H2,1-2H3/t14?,15-,17?,18?,19?,20?,22?/m1/s1. The maximum absolute atomic E-state index is 10.4. The van der Waals surface area contributed by atoms with Crippen molar-refractivity contribution in [1.82, 2.24) is 10.2 Å². The number of fused-ring (bicyclic) bond motifs is 1. The van der Waals surface area contributed by atoms with Gasteiger partial charge in [0.05, 0.1) is 19.2 Å². The number of unbranched alkanes of at least 4 members (excludes halogenated alkanes) is 2. The first-order valence-electron chi connectivity index (χ1n) is 9.85. The molecule has 1 spiro atoms. The molecule has 0 aromatic rings. The topological polar surface area (TPSA) is 44.5 Å². The molecule has 0 bridgehead atoms. The third-order valence-corrected chi connectivity index (χ3v) is 6.87. The van der Waals surface area contributed by atoms with Gasteiger partial charge in [-0.2, -0.15) is 0 Å². The number of piperazine rings is 1. The fourth-order valence-electron chi connectivity index (χ4n) is 5.38. The van der Waals surface area contributed by atoms with E-state index in [4.69, 9.17) is 4.74 Å². The van der Waals surface area contributed by atoms with E-state index in [0.29, 0.717) is 6.04 Å². The Morgan fingerprint density at radius 1 is 1.29 bits per heavy atom. The van der Waals surface area contributed by atoms with Crippen LogP contribution in [0.15, 0.2) is 24.0 Å². The zero-order chi connectivity index (χ0) is 16.7. The van der Waals surface area contributed by atoms with Crippen molar-refractivity contribution in [3.63, 3.8) is 0 Å². The summed E-state index contributed by atoms with van der Waals surface area (Å²) in [6.45, 7) is 2.43. The molecule has 4 nitrogen and oxygen atoms in total. The summed E-state index contributed by atoms with van der Waals surface area (Å²) in [6, 6.07) is 0.627. The van der Waals surface area contributed by atoms with Crippen molar-refractivity contribution in [2.24, 2.45) is 11.8 Å². The molecule has 2 aliphatic carbocycles. The second-order valence-corrected chi connectivity index (χ2v) is 8.25. The quantitative estimate of drug-likeness (QED) is 0.555. The second-order valence-electron chi connectivity index (χ2n) is 8.25. The number of aliphatic hydroxyl groups excluding tert-OH is 1. The molecule has 2 aliphatic heterocycles. The number of rotatable bonds is 7. The Morgan fingerprint density at radius 2 is 2.12 bits per heavy atom. The van der Waals surface area contributed by atoms with Gasteiger partial charge in [0.15, 0.2) is 0 Å². The number of hydrogen-bond donors (Lipinski definition) is 2. The van der Waals surface area contributed by atoms with E-state index in [9.17, 15) is 5.11 Å². The van der Waals surface area contributed by atoms with Crippen LogP contribution in [-0.4, -0.2) is 41.1 Å². The molecule has 24 heavy (non-hydrogen) atoms. The SMILES string of the molecule is COC1=CC23NC(O)C(CCCCC[C@@H]4CCCC4C)N2C3C=C1. The lowest BCUT2D eigenvalue weighted by molar-refractivity contribution is 0.0987. The number of aliphatic hydroxyl groups is 1. The molecule has 0 radical (unpaired) electrons. The predicted octanol–water partition coefficient (Wildman–Crippen LogP) is 3.14. The van der Waals surface area contributed by atoms with Crippen molar-refractivity contribution < 1.29 is 9.84 Å². The number of nitrogens with zero attached hydrogens (tertiary/aromatic N) is 1. The van der Waals surface area contributed by atoms with Crippen LogP contribution in [-0.2, 0) is 4.74 Å². The van der Waals surface area contributed by atoms with Gasteiger partial charge in [-0.3, -0.25) is 10.2 Å². The average molecular weight is 332 g/mol. The van der Waals surface area contributed by atoms with Crippen molar-refractivity contribution in [2.75, 3.05) is 7.11 Å². The van der Waals surface area contributed by atoms with Crippen molar-refractivity contribution in [3.8, 4) is 0 Å². The van der Waals surface area contributed by atoms with Crippen LogP contribution in [0.3, 0.4) is 0 Å². The van der Waals surface area contributed by atoms with Crippen LogP contribution in [0.5, 0.6) is 0 Å². The average Bonchev–Trinajstić information content (AvgIpc) is 2.85. The molecule has 2 saturated heterocycles. The Hall–Kier alpha value is -0.840. The summed E-state index contributed by atoms with van der Waals surface area (Å²) in [5.41, 5.74) is -0.177. The Bertz CT molecular complexity index is 532. The Morgan fingerprint density at radius 3 is 2.88 bits per heavy atom. The molecule has 4 rings (SSSR count). The molecule has 6 unspecified atom stereocenters. The monoisotopic (exact) mass is 332 g/mol. The zero-order valence-electron chi connectivity index (χ0n) is 15.1. The first kappa shape index (κ1) is 16.6. The minimum Gasteiger partial charge on any atom is -0.497 e. The van der Waals surface area contributed by atoms with Gasteiger partial charge in [0.1, 0.15) is 17.6 Å². The largest absolute Gasteiger partial charge is 0.497 e. The molecule has 0 aromatic carbocycles. The van der Waals surface area contributed by atoms with E-state index in [1.54, 1.807) is 7.11 Å². The molecule has 2 heterocycles. The maximum atomic E-state index is 10.4. The highest BCUT2D eigenvalue weighted by Crippen LogP contribution is 2.52. The van der Waals surface area contributed by atoms with Crippen molar-refractivity contribution in [3.05, 3.63) is 24.0 Å². The highest BCUT2D eigenvalue weighted by Gasteiger charge is 2.70. The molecular weight excluding hydrogens is 300 g/mol. The van der Waals surface area contributed by atoms with Crippen LogP contribution in [0.4, 0.5) is 0 Å². The van der Waals surface area contributed by atoms with E-state index in [-0.39, 0.29) is 11.7 Å². The maximum Gasteiger partial charge on any atom is 0.122 e. The van der Waals surface area contributed by atoms with Crippen molar-refractivity contribution in [2.45, 2.75) is 82.3 Å². The molecule has 4 heteroatoms. The first-order valence-corrected chi connectivity index (χ1v) is 9.85. The van der Waals surface area contributed by atoms with E-state index in [2.05, 4.69) is 29.3 Å². The number of allylic oxidation sites excluding steroid dienone is 1. The normalized spacial score (nSPS) is 45.7. The number of ether oxygens (including phenoxy) is 1. The van der Waals surface area contributed by atoms with Gasteiger partial charge in [-0.25, -0.2) is 0 Å². The molecule has 0 amide bonds. The summed E-state index contributed by atoms with van der Waals surface area (Å²) in [5.74, 6) is 2.81. The van der Waals surface area contributed by atoms with Crippen LogP contribution in [0, 0.1) is 11.8 Å². The molecule has 134 valence electrons. The Labute approximate surface area is 145 Å². The Kier molecular flexibility index (Phi) is 4.48. The zero-order valence-corrected chi connectivity index (χ0v) is 15.1. The van der Waals surface area contributed by atoms with Gasteiger partial charge in [-0.05, 0) is 30.4 Å². The fourth-order valence-corrected chi connectivity index (χ4v) is 5.38. The summed E-state index contributed by atoms with van der Waals surface area (Å²) >= 11 is 0. The lowest BCUT2D eigenvalue weighted by Gasteiger charge is -2.21. The van der Waals surface area contributed by atoms with Gasteiger partial charge in [0, 0.05) is 0 Å². The molecule has 2 N–H and O–H groups in total. The van der Waals surface area contributed by atoms with E-state index in [0.717, 1.165) is 24.0 Å². The predicted molar refractivity (Wildman–Crippen MR) is 95.1 cm³/mol. The van der Waals surface area contributed by atoms with Gasteiger partial charge in [0.25, 0.3) is 0 Å². The molecular formula is C20H32N2O2. The van der Waals surface area contributed by atoms with Crippen LogP contribution >= 0.6 is 0 Å². The van der Waals surface area contributed by atoms with Crippen molar-refractivity contribution in [1.29, 1.82) is 0 Å². The van der Waals surface area contributed by atoms with Crippen LogP contribution < -0.4 is 5.32 Å². The Balaban J connectivity index is 1.23. The first-order chi connectivity index (χ1) is 11.7. The number of nitrogens with one attached hydrogen (secondary N) is 1. The minimum absolute atomic E-state index is 0.177. The highest BCUT2D eigenvalue weighted by molar-refractivity contribution is 5.43. The van der Waals surface area contributed by atoms with Crippen LogP contribution in [0.1, 0.15) is 58.3 Å². The third-order valence-electron chi connectivity index (χ3n) is 6.87. The third kappa shape index (κ3) is 2.73. The number of methoxy groups -OCH3 is 1. The summed E-state index contributed by atoms with van der Waals surface area (Å²) < 4.78 is 5.36. The molecule has 7 atom stereocenters. The van der Waals surface area contributed by atoms with Crippen molar-refractivity contribution >= 4 is 0 Å². The summed E-state index contributed by atoms with van der Waals surface area (Å²) in [6.07, 6.45) is 16.6. The van der Waals surface area contributed by atoms with E-state index in [1.165, 1.54) is 44.9 Å². The van der Waals surface area contributed by atoms with Gasteiger partial charge < -0.3 is 9.84 Å². The summed E-state index contributed by atoms with van der Waals surface area (Å²) in [7, 11) is 1.70. The van der Waals surface area contributed by atoms with E-state index >= 15 is 0 Å². The summed E-state index contributed by atoms with van der Waals surface area (Å²) in [5, 5.41) is 13.8. The van der Waals surface area contributed by atoms with Gasteiger partial charge in [-0.1, -0.05) is 57.9 Å². The van der Waals surface area contributed by atoms with Crippen LogP contribution in [0.2, 0.25) is 0 Å². The molecule has 3 fully saturated rings. The van der Waals surface area contributed by atoms with Gasteiger partial charge in [0.2, 0.25) is 0 Å². The number of hydrogen-bond acceptors (Lipinski definition) is 4. The fraction of sp³-hybridized carbons (Fsp3) is 0.800. The smallest absolute Gasteiger partial charge is 0.122 e. The van der Waals surface area contributed by atoms with E-state index < -0.39 is 6.23 Å². The molecule has 1 saturated carbocycles. The van der Waals surface area contributed by atoms with E-state index in [1.807, 2.05) is 6.08 Å². The van der Waals surface area contributed by atoms with Gasteiger partial charge >= 0.3 is 0 Å².